The van der Waals surface area contributed by atoms with E-state index in [9.17, 15) is 9.59 Å². The van der Waals surface area contributed by atoms with Crippen LogP contribution in [0.15, 0.2) is 18.3 Å². The van der Waals surface area contributed by atoms with Crippen LogP contribution in [-0.2, 0) is 4.79 Å². The predicted molar refractivity (Wildman–Crippen MR) is 57.4 cm³/mol. The molecule has 1 aromatic rings. The smallest absolute Gasteiger partial charge is 0.276 e. The third kappa shape index (κ3) is 3.23. The molecule has 4 nitrogen and oxygen atoms in total. The van der Waals surface area contributed by atoms with Gasteiger partial charge in [0, 0.05) is 12.7 Å². The molecule has 1 aromatic heterocycles. The molecule has 0 aromatic carbocycles. The zero-order valence-corrected chi connectivity index (χ0v) is 8.90. The number of imide groups is 1. The lowest BCUT2D eigenvalue weighted by Gasteiger charge is -2.13. The number of rotatable bonds is 6. The second-order valence-corrected chi connectivity index (χ2v) is 3.39. The fraction of sp³-hybridized carbons (Fsp3) is 0.455. The molecule has 0 atom stereocenters. The molecule has 0 fully saturated rings. The van der Waals surface area contributed by atoms with E-state index in [1.165, 1.54) is 4.90 Å². The Morgan fingerprint density at radius 1 is 1.53 bits per heavy atom. The van der Waals surface area contributed by atoms with Crippen molar-refractivity contribution in [3.8, 4) is 0 Å². The number of unbranched alkanes of at least 4 members (excludes halogenated alkanes) is 2. The van der Waals surface area contributed by atoms with Crippen molar-refractivity contribution < 1.29 is 9.59 Å². The monoisotopic (exact) mass is 208 g/mol. The van der Waals surface area contributed by atoms with Crippen molar-refractivity contribution in [3.63, 3.8) is 0 Å². The Morgan fingerprint density at radius 2 is 2.33 bits per heavy atom. The molecule has 0 aliphatic heterocycles. The summed E-state index contributed by atoms with van der Waals surface area (Å²) in [5.74, 6) is -0.258. The van der Waals surface area contributed by atoms with Crippen molar-refractivity contribution in [3.05, 3.63) is 24.0 Å². The van der Waals surface area contributed by atoms with Crippen LogP contribution in [0.4, 0.5) is 0 Å². The molecule has 82 valence electrons. The van der Waals surface area contributed by atoms with E-state index >= 15 is 0 Å². The third-order valence-corrected chi connectivity index (χ3v) is 2.22. The summed E-state index contributed by atoms with van der Waals surface area (Å²) in [5, 5.41) is 0. The van der Waals surface area contributed by atoms with Gasteiger partial charge in [-0.15, -0.1) is 0 Å². The van der Waals surface area contributed by atoms with Crippen LogP contribution in [0.3, 0.4) is 0 Å². The van der Waals surface area contributed by atoms with Crippen molar-refractivity contribution in [2.75, 3.05) is 6.54 Å². The minimum atomic E-state index is -0.258. The third-order valence-electron chi connectivity index (χ3n) is 2.22. The molecule has 1 heterocycles. The van der Waals surface area contributed by atoms with Gasteiger partial charge in [0.15, 0.2) is 0 Å². The van der Waals surface area contributed by atoms with Gasteiger partial charge in [-0.1, -0.05) is 19.8 Å². The summed E-state index contributed by atoms with van der Waals surface area (Å²) in [6.07, 6.45) is 5.23. The number of hydrogen-bond acceptors (Lipinski definition) is 2. The highest BCUT2D eigenvalue weighted by molar-refractivity contribution is 5.98. The van der Waals surface area contributed by atoms with Gasteiger partial charge in [0.1, 0.15) is 5.69 Å². The molecule has 0 saturated carbocycles. The molecule has 0 aliphatic carbocycles. The lowest BCUT2D eigenvalue weighted by atomic mass is 10.2. The van der Waals surface area contributed by atoms with Gasteiger partial charge in [-0.2, -0.15) is 0 Å². The van der Waals surface area contributed by atoms with Crippen LogP contribution >= 0.6 is 0 Å². The van der Waals surface area contributed by atoms with Crippen LogP contribution in [0.5, 0.6) is 0 Å². The number of hydrogen-bond donors (Lipinski definition) is 1. The van der Waals surface area contributed by atoms with E-state index in [-0.39, 0.29) is 5.91 Å². The Labute approximate surface area is 89.3 Å². The maximum atomic E-state index is 11.7. The minimum Gasteiger partial charge on any atom is -0.357 e. The fourth-order valence-corrected chi connectivity index (χ4v) is 1.35. The molecule has 2 amide bonds. The van der Waals surface area contributed by atoms with Gasteiger partial charge in [-0.25, -0.2) is 0 Å². The molecule has 4 heteroatoms. The van der Waals surface area contributed by atoms with E-state index in [0.717, 1.165) is 19.3 Å². The number of nitrogens with zero attached hydrogens (tertiary/aromatic N) is 1. The average Bonchev–Trinajstić information content (AvgIpc) is 2.77. The molecule has 1 rings (SSSR count). The Kier molecular flexibility index (Phi) is 4.60. The number of amides is 2. The first-order chi connectivity index (χ1) is 7.29. The van der Waals surface area contributed by atoms with Gasteiger partial charge < -0.3 is 4.98 Å². The van der Waals surface area contributed by atoms with Crippen LogP contribution in [0, 0.1) is 0 Å². The molecule has 15 heavy (non-hydrogen) atoms. The van der Waals surface area contributed by atoms with Crippen molar-refractivity contribution in [2.45, 2.75) is 26.2 Å². The first-order valence-electron chi connectivity index (χ1n) is 5.19. The number of aromatic amines is 1. The first-order valence-corrected chi connectivity index (χ1v) is 5.19. The highest BCUT2D eigenvalue weighted by atomic mass is 16.2. The van der Waals surface area contributed by atoms with Crippen LogP contribution in [0.25, 0.3) is 0 Å². The standard InChI is InChI=1S/C11H16N2O2/c1-2-3-4-8-13(9-14)11(15)10-6-5-7-12-10/h5-7,9,12H,2-4,8H2,1H3. The summed E-state index contributed by atoms with van der Waals surface area (Å²) in [7, 11) is 0. The molecule has 0 saturated heterocycles. The molecule has 0 spiro atoms. The van der Waals surface area contributed by atoms with E-state index in [1.54, 1.807) is 18.3 Å². The molecular weight excluding hydrogens is 192 g/mol. The van der Waals surface area contributed by atoms with Crippen molar-refractivity contribution in [1.29, 1.82) is 0 Å². The maximum absolute atomic E-state index is 11.7. The number of aromatic nitrogens is 1. The van der Waals surface area contributed by atoms with E-state index < -0.39 is 0 Å². The van der Waals surface area contributed by atoms with Crippen LogP contribution in [0.2, 0.25) is 0 Å². The van der Waals surface area contributed by atoms with Gasteiger partial charge in [0.2, 0.25) is 6.41 Å². The molecule has 0 bridgehead atoms. The second-order valence-electron chi connectivity index (χ2n) is 3.39. The Balaban J connectivity index is 2.51. The number of nitrogens with one attached hydrogen (secondary N) is 1. The number of H-pyrrole nitrogens is 1. The highest BCUT2D eigenvalue weighted by Gasteiger charge is 2.14. The normalized spacial score (nSPS) is 9.93. The van der Waals surface area contributed by atoms with E-state index in [2.05, 4.69) is 11.9 Å². The van der Waals surface area contributed by atoms with Gasteiger partial charge in [-0.3, -0.25) is 14.5 Å². The first kappa shape index (κ1) is 11.5. The zero-order valence-electron chi connectivity index (χ0n) is 8.90. The highest BCUT2D eigenvalue weighted by Crippen LogP contribution is 2.03. The second kappa shape index (κ2) is 6.01. The summed E-state index contributed by atoms with van der Waals surface area (Å²) in [5.41, 5.74) is 0.457. The van der Waals surface area contributed by atoms with E-state index in [0.29, 0.717) is 18.6 Å². The van der Waals surface area contributed by atoms with Gasteiger partial charge in [0.25, 0.3) is 5.91 Å². The fourth-order valence-electron chi connectivity index (χ4n) is 1.35. The van der Waals surface area contributed by atoms with Gasteiger partial charge in [-0.05, 0) is 18.6 Å². The van der Waals surface area contributed by atoms with Crippen LogP contribution in [0.1, 0.15) is 36.7 Å². The average molecular weight is 208 g/mol. The van der Waals surface area contributed by atoms with Crippen LogP contribution < -0.4 is 0 Å². The molecular formula is C11H16N2O2. The molecule has 0 aliphatic rings. The van der Waals surface area contributed by atoms with Crippen molar-refractivity contribution >= 4 is 12.3 Å². The van der Waals surface area contributed by atoms with Crippen molar-refractivity contribution in [2.24, 2.45) is 0 Å². The summed E-state index contributed by atoms with van der Waals surface area (Å²) in [4.78, 5) is 26.4. The topological polar surface area (TPSA) is 53.2 Å². The number of carbonyl (C=O) groups is 2. The zero-order chi connectivity index (χ0) is 11.1. The molecule has 1 N–H and O–H groups in total. The van der Waals surface area contributed by atoms with Crippen LogP contribution in [-0.4, -0.2) is 28.7 Å². The lowest BCUT2D eigenvalue weighted by molar-refractivity contribution is -0.116. The SMILES string of the molecule is CCCCCN(C=O)C(=O)c1ccc[nH]1. The quantitative estimate of drug-likeness (QED) is 0.572. The van der Waals surface area contributed by atoms with E-state index in [1.807, 2.05) is 0 Å². The molecule has 0 unspecified atom stereocenters. The Bertz CT molecular complexity index is 306. The number of carbonyl (C=O) groups excluding carboxylic acids is 2. The summed E-state index contributed by atoms with van der Waals surface area (Å²) in [6.45, 7) is 2.58. The van der Waals surface area contributed by atoms with Crippen molar-refractivity contribution in [1.82, 2.24) is 9.88 Å². The summed E-state index contributed by atoms with van der Waals surface area (Å²) in [6, 6.07) is 3.40. The van der Waals surface area contributed by atoms with Gasteiger partial charge >= 0.3 is 0 Å². The molecule has 0 radical (unpaired) electrons. The largest absolute Gasteiger partial charge is 0.357 e. The minimum absolute atomic E-state index is 0.258. The van der Waals surface area contributed by atoms with E-state index in [4.69, 9.17) is 0 Å². The maximum Gasteiger partial charge on any atom is 0.276 e. The van der Waals surface area contributed by atoms with Gasteiger partial charge in [0.05, 0.1) is 0 Å². The summed E-state index contributed by atoms with van der Waals surface area (Å²) < 4.78 is 0. The lowest BCUT2D eigenvalue weighted by Crippen LogP contribution is -2.30. The summed E-state index contributed by atoms with van der Waals surface area (Å²) >= 11 is 0. The predicted octanol–water partition coefficient (Wildman–Crippen LogP) is 1.80. The Hall–Kier alpha value is -1.58. The Morgan fingerprint density at radius 3 is 2.87 bits per heavy atom.